The lowest BCUT2D eigenvalue weighted by Crippen LogP contribution is -2.20. The molecule has 5 nitrogen and oxygen atoms in total. The molecule has 3 heterocycles. The molecule has 1 aromatic carbocycles. The van der Waals surface area contributed by atoms with Crippen molar-refractivity contribution in [1.29, 1.82) is 0 Å². The number of aromatic nitrogens is 4. The predicted molar refractivity (Wildman–Crippen MR) is 77.3 cm³/mol. The fraction of sp³-hybridized carbons (Fsp3) is 0.333. The molecule has 1 saturated heterocycles. The standard InChI is InChI=1S/C15H17N5/c1-2-4-13-12(3-1)18-15(19-13)11-5-8-20(9-11)10-14-16-6-7-17-14/h1-4,6-7,11H,5,8-10H2,(H,16,17)(H,18,19)/t11-/m0/s1. The summed E-state index contributed by atoms with van der Waals surface area (Å²) in [6.45, 7) is 3.03. The number of para-hydroxylation sites is 2. The van der Waals surface area contributed by atoms with Crippen LogP contribution in [-0.4, -0.2) is 37.9 Å². The fourth-order valence-electron chi connectivity index (χ4n) is 2.96. The molecule has 2 N–H and O–H groups in total. The topological polar surface area (TPSA) is 60.6 Å². The SMILES string of the molecule is c1ccc2[nH]c([C@H]3CCN(Cc4ncc[nH]4)C3)nc2c1. The van der Waals surface area contributed by atoms with Crippen molar-refractivity contribution in [1.82, 2.24) is 24.8 Å². The zero-order chi connectivity index (χ0) is 13.4. The lowest BCUT2D eigenvalue weighted by Gasteiger charge is -2.13. The molecule has 0 unspecified atom stereocenters. The molecule has 0 aliphatic carbocycles. The molecule has 0 radical (unpaired) electrons. The molecule has 5 heteroatoms. The summed E-state index contributed by atoms with van der Waals surface area (Å²) in [6.07, 6.45) is 4.84. The Labute approximate surface area is 117 Å². The van der Waals surface area contributed by atoms with Crippen LogP contribution >= 0.6 is 0 Å². The molecule has 1 atom stereocenters. The summed E-state index contributed by atoms with van der Waals surface area (Å²) in [5, 5.41) is 0. The van der Waals surface area contributed by atoms with Crippen molar-refractivity contribution in [3.8, 4) is 0 Å². The molecule has 0 spiro atoms. The Morgan fingerprint density at radius 1 is 1.30 bits per heavy atom. The molecule has 0 saturated carbocycles. The van der Waals surface area contributed by atoms with Gasteiger partial charge in [0.2, 0.25) is 0 Å². The first-order valence-corrected chi connectivity index (χ1v) is 7.04. The molecule has 4 rings (SSSR count). The highest BCUT2D eigenvalue weighted by Gasteiger charge is 2.26. The summed E-state index contributed by atoms with van der Waals surface area (Å²) in [5.74, 6) is 2.65. The monoisotopic (exact) mass is 267 g/mol. The van der Waals surface area contributed by atoms with Crippen LogP contribution in [0.25, 0.3) is 11.0 Å². The van der Waals surface area contributed by atoms with Gasteiger partial charge in [0.15, 0.2) is 0 Å². The molecular weight excluding hydrogens is 250 g/mol. The van der Waals surface area contributed by atoms with Gasteiger partial charge in [-0.25, -0.2) is 9.97 Å². The smallest absolute Gasteiger partial charge is 0.120 e. The molecule has 0 bridgehead atoms. The highest BCUT2D eigenvalue weighted by Crippen LogP contribution is 2.27. The van der Waals surface area contributed by atoms with Gasteiger partial charge >= 0.3 is 0 Å². The van der Waals surface area contributed by atoms with Gasteiger partial charge in [-0.1, -0.05) is 12.1 Å². The van der Waals surface area contributed by atoms with Crippen LogP contribution in [0.5, 0.6) is 0 Å². The van der Waals surface area contributed by atoms with E-state index >= 15 is 0 Å². The first-order valence-electron chi connectivity index (χ1n) is 7.04. The van der Waals surface area contributed by atoms with Crippen LogP contribution in [0.15, 0.2) is 36.7 Å². The van der Waals surface area contributed by atoms with E-state index in [1.807, 2.05) is 24.5 Å². The van der Waals surface area contributed by atoms with Crippen LogP contribution in [0.4, 0.5) is 0 Å². The van der Waals surface area contributed by atoms with Gasteiger partial charge < -0.3 is 9.97 Å². The molecule has 2 aromatic heterocycles. The Hall–Kier alpha value is -2.14. The maximum Gasteiger partial charge on any atom is 0.120 e. The maximum absolute atomic E-state index is 4.72. The highest BCUT2D eigenvalue weighted by atomic mass is 15.2. The van der Waals surface area contributed by atoms with E-state index in [9.17, 15) is 0 Å². The third-order valence-corrected chi connectivity index (χ3v) is 3.99. The van der Waals surface area contributed by atoms with Crippen molar-refractivity contribution < 1.29 is 0 Å². The second-order valence-electron chi connectivity index (χ2n) is 5.40. The van der Waals surface area contributed by atoms with Gasteiger partial charge in [0.05, 0.1) is 17.6 Å². The first kappa shape index (κ1) is 11.7. The number of aromatic amines is 2. The van der Waals surface area contributed by atoms with Crippen molar-refractivity contribution in [3.63, 3.8) is 0 Å². The van der Waals surface area contributed by atoms with Gasteiger partial charge in [-0.2, -0.15) is 0 Å². The number of H-pyrrole nitrogens is 2. The summed E-state index contributed by atoms with van der Waals surface area (Å²) in [4.78, 5) is 18.1. The van der Waals surface area contributed by atoms with Crippen molar-refractivity contribution >= 4 is 11.0 Å². The van der Waals surface area contributed by atoms with E-state index in [1.165, 1.54) is 0 Å². The summed E-state index contributed by atoms with van der Waals surface area (Å²) >= 11 is 0. The van der Waals surface area contributed by atoms with Crippen molar-refractivity contribution in [2.75, 3.05) is 13.1 Å². The number of nitrogens with one attached hydrogen (secondary N) is 2. The summed E-state index contributed by atoms with van der Waals surface area (Å²) < 4.78 is 0. The van der Waals surface area contributed by atoms with Crippen molar-refractivity contribution in [2.24, 2.45) is 0 Å². The molecule has 102 valence electrons. The lowest BCUT2D eigenvalue weighted by atomic mass is 10.1. The van der Waals surface area contributed by atoms with E-state index in [4.69, 9.17) is 4.98 Å². The van der Waals surface area contributed by atoms with Gasteiger partial charge in [0.1, 0.15) is 11.6 Å². The van der Waals surface area contributed by atoms with Gasteiger partial charge in [-0.05, 0) is 25.1 Å². The molecule has 1 fully saturated rings. The second kappa shape index (κ2) is 4.76. The first-order chi connectivity index (χ1) is 9.88. The van der Waals surface area contributed by atoms with Gasteiger partial charge in [-0.3, -0.25) is 4.90 Å². The van der Waals surface area contributed by atoms with Crippen LogP contribution < -0.4 is 0 Å². The lowest BCUT2D eigenvalue weighted by molar-refractivity contribution is 0.318. The molecule has 0 amide bonds. The Kier molecular flexibility index (Phi) is 2.77. The van der Waals surface area contributed by atoms with Crippen LogP contribution in [0.1, 0.15) is 24.0 Å². The van der Waals surface area contributed by atoms with E-state index in [0.29, 0.717) is 5.92 Å². The Bertz CT molecular complexity index is 667. The van der Waals surface area contributed by atoms with Crippen molar-refractivity contribution in [3.05, 3.63) is 48.3 Å². The van der Waals surface area contributed by atoms with Crippen LogP contribution in [0.2, 0.25) is 0 Å². The highest BCUT2D eigenvalue weighted by molar-refractivity contribution is 5.74. The number of fused-ring (bicyclic) bond motifs is 1. The molecule has 20 heavy (non-hydrogen) atoms. The number of hydrogen-bond donors (Lipinski definition) is 2. The van der Waals surface area contributed by atoms with Crippen LogP contribution in [-0.2, 0) is 6.54 Å². The third kappa shape index (κ3) is 2.10. The number of hydrogen-bond acceptors (Lipinski definition) is 3. The minimum absolute atomic E-state index is 0.498. The number of benzene rings is 1. The second-order valence-corrected chi connectivity index (χ2v) is 5.40. The normalized spacial score (nSPS) is 19.9. The number of rotatable bonds is 3. The van der Waals surface area contributed by atoms with Gasteiger partial charge in [0, 0.05) is 24.9 Å². The van der Waals surface area contributed by atoms with E-state index in [-0.39, 0.29) is 0 Å². The quantitative estimate of drug-likeness (QED) is 0.765. The zero-order valence-electron chi connectivity index (χ0n) is 11.2. The van der Waals surface area contributed by atoms with Crippen molar-refractivity contribution in [2.45, 2.75) is 18.9 Å². The number of imidazole rings is 2. The van der Waals surface area contributed by atoms with Gasteiger partial charge in [0.25, 0.3) is 0 Å². The number of likely N-dealkylation sites (tertiary alicyclic amines) is 1. The van der Waals surface area contributed by atoms with E-state index in [1.54, 1.807) is 0 Å². The molecule has 3 aromatic rings. The predicted octanol–water partition coefficient (Wildman–Crippen LogP) is 2.28. The van der Waals surface area contributed by atoms with E-state index in [2.05, 4.69) is 32.0 Å². The Morgan fingerprint density at radius 2 is 2.25 bits per heavy atom. The average molecular weight is 267 g/mol. The average Bonchev–Trinajstić information content (AvgIpc) is 3.18. The minimum Gasteiger partial charge on any atom is -0.348 e. The molecular formula is C15H17N5. The maximum atomic E-state index is 4.72. The summed E-state index contributed by atoms with van der Waals surface area (Å²) in [6, 6.07) is 8.22. The Morgan fingerprint density at radius 3 is 3.10 bits per heavy atom. The zero-order valence-corrected chi connectivity index (χ0v) is 11.2. The summed E-state index contributed by atoms with van der Waals surface area (Å²) in [5.41, 5.74) is 2.19. The minimum atomic E-state index is 0.498. The molecule has 1 aliphatic heterocycles. The largest absolute Gasteiger partial charge is 0.348 e. The van der Waals surface area contributed by atoms with Crippen LogP contribution in [0.3, 0.4) is 0 Å². The van der Waals surface area contributed by atoms with E-state index < -0.39 is 0 Å². The Balaban J connectivity index is 1.50. The third-order valence-electron chi connectivity index (χ3n) is 3.99. The number of nitrogens with zero attached hydrogens (tertiary/aromatic N) is 3. The van der Waals surface area contributed by atoms with E-state index in [0.717, 1.165) is 48.7 Å². The fourth-order valence-corrected chi connectivity index (χ4v) is 2.96. The van der Waals surface area contributed by atoms with Gasteiger partial charge in [-0.15, -0.1) is 0 Å². The van der Waals surface area contributed by atoms with Crippen LogP contribution in [0, 0.1) is 0 Å². The summed E-state index contributed by atoms with van der Waals surface area (Å²) in [7, 11) is 0. The molecule has 1 aliphatic rings.